The normalized spacial score (nSPS) is 10.3. The van der Waals surface area contributed by atoms with Crippen molar-refractivity contribution in [3.63, 3.8) is 0 Å². The number of hydrogen-bond acceptors (Lipinski definition) is 2. The first kappa shape index (κ1) is 11.5. The molecule has 0 bridgehead atoms. The number of aryl methyl sites for hydroxylation is 3. The first-order valence-electron chi connectivity index (χ1n) is 5.51. The minimum absolute atomic E-state index is 0.131. The second-order valence-corrected chi connectivity index (χ2v) is 4.11. The Morgan fingerprint density at radius 1 is 1.12 bits per heavy atom. The molecule has 1 N–H and O–H groups in total. The molecule has 0 aliphatic heterocycles. The van der Waals surface area contributed by atoms with Gasteiger partial charge in [-0.05, 0) is 38.0 Å². The Hall–Kier alpha value is -2.03. The van der Waals surface area contributed by atoms with Gasteiger partial charge in [0.05, 0.1) is 11.8 Å². The van der Waals surface area contributed by atoms with Gasteiger partial charge in [0, 0.05) is 5.69 Å². The van der Waals surface area contributed by atoms with Crippen LogP contribution in [0.1, 0.15) is 27.2 Å². The van der Waals surface area contributed by atoms with E-state index >= 15 is 0 Å². The predicted molar refractivity (Wildman–Crippen MR) is 67.3 cm³/mol. The van der Waals surface area contributed by atoms with Crippen LogP contribution in [-0.4, -0.2) is 5.91 Å². The Kier molecular flexibility index (Phi) is 3.00. The Labute approximate surface area is 100 Å². The van der Waals surface area contributed by atoms with Crippen molar-refractivity contribution in [3.05, 3.63) is 53.0 Å². The Morgan fingerprint density at radius 3 is 2.29 bits per heavy atom. The minimum atomic E-state index is -0.131. The number of hydrogen-bond donors (Lipinski definition) is 1. The average molecular weight is 229 g/mol. The van der Waals surface area contributed by atoms with E-state index in [0.717, 1.165) is 16.8 Å². The lowest BCUT2D eigenvalue weighted by Gasteiger charge is -2.10. The molecule has 0 aliphatic carbocycles. The van der Waals surface area contributed by atoms with Crippen LogP contribution in [0.25, 0.3) is 0 Å². The fourth-order valence-electron chi connectivity index (χ4n) is 1.81. The number of furan rings is 1. The molecule has 1 aromatic carbocycles. The quantitative estimate of drug-likeness (QED) is 0.856. The van der Waals surface area contributed by atoms with Crippen molar-refractivity contribution in [2.24, 2.45) is 0 Å². The number of amides is 1. The van der Waals surface area contributed by atoms with E-state index in [1.54, 1.807) is 13.0 Å². The Morgan fingerprint density at radius 2 is 1.76 bits per heavy atom. The van der Waals surface area contributed by atoms with Crippen LogP contribution < -0.4 is 5.32 Å². The molecule has 0 aliphatic rings. The summed E-state index contributed by atoms with van der Waals surface area (Å²) in [6, 6.07) is 7.61. The van der Waals surface area contributed by atoms with Crippen LogP contribution in [0.15, 0.2) is 34.9 Å². The van der Waals surface area contributed by atoms with Crippen molar-refractivity contribution in [3.8, 4) is 0 Å². The summed E-state index contributed by atoms with van der Waals surface area (Å²) in [6.07, 6.45) is 1.52. The molecule has 0 unspecified atom stereocenters. The molecular formula is C14H15NO2. The molecule has 0 saturated carbocycles. The van der Waals surface area contributed by atoms with Crippen LogP contribution in [0.2, 0.25) is 0 Å². The van der Waals surface area contributed by atoms with Crippen molar-refractivity contribution in [1.29, 1.82) is 0 Å². The highest BCUT2D eigenvalue weighted by Gasteiger charge is 2.13. The van der Waals surface area contributed by atoms with Gasteiger partial charge in [-0.15, -0.1) is 0 Å². The monoisotopic (exact) mass is 229 g/mol. The van der Waals surface area contributed by atoms with E-state index in [9.17, 15) is 4.79 Å². The van der Waals surface area contributed by atoms with E-state index in [1.807, 2.05) is 32.0 Å². The van der Waals surface area contributed by atoms with Crippen LogP contribution in [0.3, 0.4) is 0 Å². The fraction of sp³-hybridized carbons (Fsp3) is 0.214. The standard InChI is InChI=1S/C14H15NO2/c1-9-5-4-6-10(2)13(9)15-14(16)12-7-8-17-11(12)3/h4-8H,1-3H3,(H,15,16). The summed E-state index contributed by atoms with van der Waals surface area (Å²) in [4.78, 5) is 12.0. The SMILES string of the molecule is Cc1cccc(C)c1NC(=O)c1ccoc1C. The van der Waals surface area contributed by atoms with Gasteiger partial charge in [-0.3, -0.25) is 4.79 Å². The van der Waals surface area contributed by atoms with E-state index < -0.39 is 0 Å². The molecule has 2 aromatic rings. The number of rotatable bonds is 2. The van der Waals surface area contributed by atoms with Crippen molar-refractivity contribution < 1.29 is 9.21 Å². The molecule has 0 atom stereocenters. The molecule has 1 amide bonds. The Bertz CT molecular complexity index is 535. The number of carbonyl (C=O) groups excluding carboxylic acids is 1. The summed E-state index contributed by atoms with van der Waals surface area (Å²) in [6.45, 7) is 5.73. The van der Waals surface area contributed by atoms with Crippen molar-refractivity contribution >= 4 is 11.6 Å². The third-order valence-electron chi connectivity index (χ3n) is 2.82. The van der Waals surface area contributed by atoms with Crippen LogP contribution in [0.5, 0.6) is 0 Å². The molecule has 0 radical (unpaired) electrons. The van der Waals surface area contributed by atoms with Crippen LogP contribution in [-0.2, 0) is 0 Å². The molecular weight excluding hydrogens is 214 g/mol. The number of nitrogens with one attached hydrogen (secondary N) is 1. The van der Waals surface area contributed by atoms with E-state index in [1.165, 1.54) is 6.26 Å². The smallest absolute Gasteiger partial charge is 0.259 e. The van der Waals surface area contributed by atoms with Crippen LogP contribution >= 0.6 is 0 Å². The third-order valence-corrected chi connectivity index (χ3v) is 2.82. The molecule has 0 fully saturated rings. The van der Waals surface area contributed by atoms with E-state index in [4.69, 9.17) is 4.42 Å². The summed E-state index contributed by atoms with van der Waals surface area (Å²) in [5.41, 5.74) is 3.56. The predicted octanol–water partition coefficient (Wildman–Crippen LogP) is 3.46. The van der Waals surface area contributed by atoms with Gasteiger partial charge in [0.2, 0.25) is 0 Å². The van der Waals surface area contributed by atoms with Gasteiger partial charge in [-0.25, -0.2) is 0 Å². The van der Waals surface area contributed by atoms with Gasteiger partial charge >= 0.3 is 0 Å². The molecule has 1 heterocycles. The lowest BCUT2D eigenvalue weighted by molar-refractivity contribution is 0.102. The average Bonchev–Trinajstić information content (AvgIpc) is 2.70. The zero-order valence-corrected chi connectivity index (χ0v) is 10.2. The first-order valence-corrected chi connectivity index (χ1v) is 5.51. The second kappa shape index (κ2) is 4.45. The highest BCUT2D eigenvalue weighted by Crippen LogP contribution is 2.21. The summed E-state index contributed by atoms with van der Waals surface area (Å²) in [7, 11) is 0. The van der Waals surface area contributed by atoms with E-state index in [-0.39, 0.29) is 5.91 Å². The van der Waals surface area contributed by atoms with Crippen molar-refractivity contribution in [2.45, 2.75) is 20.8 Å². The molecule has 0 spiro atoms. The molecule has 3 heteroatoms. The third kappa shape index (κ3) is 2.23. The van der Waals surface area contributed by atoms with Gasteiger partial charge in [-0.2, -0.15) is 0 Å². The second-order valence-electron chi connectivity index (χ2n) is 4.11. The first-order chi connectivity index (χ1) is 8.09. The minimum Gasteiger partial charge on any atom is -0.469 e. The zero-order valence-electron chi connectivity index (χ0n) is 10.2. The molecule has 17 heavy (non-hydrogen) atoms. The largest absolute Gasteiger partial charge is 0.469 e. The molecule has 0 saturated heterocycles. The van der Waals surface area contributed by atoms with Crippen LogP contribution in [0, 0.1) is 20.8 Å². The molecule has 2 rings (SSSR count). The highest BCUT2D eigenvalue weighted by molar-refractivity contribution is 6.05. The maximum atomic E-state index is 12.0. The maximum Gasteiger partial charge on any atom is 0.259 e. The van der Waals surface area contributed by atoms with Gasteiger partial charge in [0.1, 0.15) is 5.76 Å². The van der Waals surface area contributed by atoms with Gasteiger partial charge in [0.15, 0.2) is 0 Å². The summed E-state index contributed by atoms with van der Waals surface area (Å²) in [5, 5.41) is 2.92. The van der Waals surface area contributed by atoms with Crippen LogP contribution in [0.4, 0.5) is 5.69 Å². The zero-order chi connectivity index (χ0) is 12.4. The van der Waals surface area contributed by atoms with Gasteiger partial charge in [0.25, 0.3) is 5.91 Å². The molecule has 1 aromatic heterocycles. The lowest BCUT2D eigenvalue weighted by Crippen LogP contribution is -2.13. The van der Waals surface area contributed by atoms with E-state index in [2.05, 4.69) is 5.32 Å². The fourth-order valence-corrected chi connectivity index (χ4v) is 1.81. The molecule has 3 nitrogen and oxygen atoms in total. The number of benzene rings is 1. The van der Waals surface area contributed by atoms with Gasteiger partial charge < -0.3 is 9.73 Å². The number of para-hydroxylation sites is 1. The maximum absolute atomic E-state index is 12.0. The van der Waals surface area contributed by atoms with E-state index in [0.29, 0.717) is 11.3 Å². The van der Waals surface area contributed by atoms with Crippen molar-refractivity contribution in [1.82, 2.24) is 0 Å². The molecule has 88 valence electrons. The highest BCUT2D eigenvalue weighted by atomic mass is 16.3. The lowest BCUT2D eigenvalue weighted by atomic mass is 10.1. The summed E-state index contributed by atoms with van der Waals surface area (Å²) >= 11 is 0. The van der Waals surface area contributed by atoms with Crippen molar-refractivity contribution in [2.75, 3.05) is 5.32 Å². The summed E-state index contributed by atoms with van der Waals surface area (Å²) in [5.74, 6) is 0.502. The summed E-state index contributed by atoms with van der Waals surface area (Å²) < 4.78 is 5.12. The Balaban J connectivity index is 2.28. The van der Waals surface area contributed by atoms with Gasteiger partial charge in [-0.1, -0.05) is 18.2 Å². The number of carbonyl (C=O) groups is 1. The topological polar surface area (TPSA) is 42.2 Å². The number of anilines is 1.